The maximum atomic E-state index is 13.1. The van der Waals surface area contributed by atoms with Crippen molar-refractivity contribution in [3.05, 3.63) is 35.4 Å². The smallest absolute Gasteiger partial charge is 0.343 e. The summed E-state index contributed by atoms with van der Waals surface area (Å²) in [4.78, 5) is 28.5. The van der Waals surface area contributed by atoms with Crippen molar-refractivity contribution < 1.29 is 22.8 Å². The summed E-state index contributed by atoms with van der Waals surface area (Å²) >= 11 is 0. The highest BCUT2D eigenvalue weighted by Crippen LogP contribution is 2.37. The van der Waals surface area contributed by atoms with Crippen molar-refractivity contribution in [2.45, 2.75) is 51.9 Å². The number of hydrogen-bond acceptors (Lipinski definition) is 2. The third-order valence-corrected chi connectivity index (χ3v) is 5.10. The number of benzene rings is 1. The number of urea groups is 1. The number of likely N-dealkylation sites (tertiary alicyclic amines) is 1. The Morgan fingerprint density at radius 3 is 2.36 bits per heavy atom. The largest absolute Gasteiger partial charge is 0.416 e. The van der Waals surface area contributed by atoms with E-state index in [2.05, 4.69) is 5.32 Å². The molecule has 0 unspecified atom stereocenters. The molecule has 8 heteroatoms. The molecule has 3 amide bonds. The van der Waals surface area contributed by atoms with Crippen LogP contribution in [-0.2, 0) is 11.0 Å². The highest BCUT2D eigenvalue weighted by Gasteiger charge is 2.42. The van der Waals surface area contributed by atoms with Gasteiger partial charge in [0.15, 0.2) is 0 Å². The van der Waals surface area contributed by atoms with Gasteiger partial charge in [-0.05, 0) is 39.3 Å². The minimum Gasteiger partial charge on any atom is -0.343 e. The molecule has 28 heavy (non-hydrogen) atoms. The minimum absolute atomic E-state index is 0.0480. The first-order valence-electron chi connectivity index (χ1n) is 9.41. The lowest BCUT2D eigenvalue weighted by atomic mass is 9.87. The molecule has 0 aromatic heterocycles. The Kier molecular flexibility index (Phi) is 6.62. The van der Waals surface area contributed by atoms with E-state index in [4.69, 9.17) is 0 Å². The van der Waals surface area contributed by atoms with Gasteiger partial charge in [-0.1, -0.05) is 18.2 Å². The van der Waals surface area contributed by atoms with Crippen LogP contribution in [0.25, 0.3) is 0 Å². The van der Waals surface area contributed by atoms with Crippen LogP contribution in [0.15, 0.2) is 24.3 Å². The summed E-state index contributed by atoms with van der Waals surface area (Å²) in [5, 5.41) is 2.79. The van der Waals surface area contributed by atoms with Gasteiger partial charge < -0.3 is 15.1 Å². The molecule has 1 aromatic carbocycles. The van der Waals surface area contributed by atoms with Crippen molar-refractivity contribution in [1.29, 1.82) is 0 Å². The van der Waals surface area contributed by atoms with E-state index in [9.17, 15) is 22.8 Å². The Bertz CT molecular complexity index is 719. The molecule has 0 bridgehead atoms. The molecule has 1 N–H and O–H groups in total. The van der Waals surface area contributed by atoms with Crippen LogP contribution >= 0.6 is 0 Å². The van der Waals surface area contributed by atoms with Crippen LogP contribution in [0.3, 0.4) is 0 Å². The molecule has 0 aliphatic carbocycles. The molecule has 0 spiro atoms. The number of nitrogens with one attached hydrogen (secondary N) is 1. The maximum Gasteiger partial charge on any atom is 0.416 e. The lowest BCUT2D eigenvalue weighted by Crippen LogP contribution is -2.43. The van der Waals surface area contributed by atoms with Crippen molar-refractivity contribution >= 4 is 11.9 Å². The number of carbonyl (C=O) groups excluding carboxylic acids is 2. The summed E-state index contributed by atoms with van der Waals surface area (Å²) in [6, 6.07) is 4.61. The molecular formula is C20H28F3N3O2. The zero-order valence-corrected chi connectivity index (χ0v) is 16.9. The summed E-state index contributed by atoms with van der Waals surface area (Å²) in [6.07, 6.45) is -4.46. The van der Waals surface area contributed by atoms with E-state index >= 15 is 0 Å². The molecule has 0 saturated carbocycles. The average Bonchev–Trinajstić information content (AvgIpc) is 3.04. The summed E-state index contributed by atoms with van der Waals surface area (Å²) in [5.41, 5.74) is -0.330. The van der Waals surface area contributed by atoms with E-state index in [1.807, 2.05) is 27.7 Å². The first-order chi connectivity index (χ1) is 12.9. The lowest BCUT2D eigenvalue weighted by Gasteiger charge is -2.27. The number of hydrogen-bond donors (Lipinski definition) is 1. The Labute approximate surface area is 163 Å². The predicted molar refractivity (Wildman–Crippen MR) is 101 cm³/mol. The number of nitrogens with zero attached hydrogens (tertiary/aromatic N) is 2. The first-order valence-corrected chi connectivity index (χ1v) is 9.41. The molecule has 2 atom stereocenters. The SMILES string of the molecule is CC(C)NC(=O)N1C[C@H](C(=O)N(C)C(C)C)[C@@H](c2cccc(C(F)(F)F)c2)C1. The predicted octanol–water partition coefficient (Wildman–Crippen LogP) is 3.71. The van der Waals surface area contributed by atoms with E-state index in [1.54, 1.807) is 18.0 Å². The quantitative estimate of drug-likeness (QED) is 0.839. The van der Waals surface area contributed by atoms with Crippen molar-refractivity contribution in [2.75, 3.05) is 20.1 Å². The number of halogens is 3. The fourth-order valence-electron chi connectivity index (χ4n) is 3.36. The van der Waals surface area contributed by atoms with Gasteiger partial charge in [0.05, 0.1) is 11.5 Å². The van der Waals surface area contributed by atoms with Crippen molar-refractivity contribution in [3.8, 4) is 0 Å². The molecule has 1 aliphatic rings. The second-order valence-electron chi connectivity index (χ2n) is 7.89. The van der Waals surface area contributed by atoms with Crippen LogP contribution in [0.2, 0.25) is 0 Å². The zero-order chi connectivity index (χ0) is 21.2. The normalized spacial score (nSPS) is 20.0. The van der Waals surface area contributed by atoms with E-state index < -0.39 is 23.6 Å². The van der Waals surface area contributed by atoms with Crippen LogP contribution in [0.1, 0.15) is 44.7 Å². The molecule has 1 heterocycles. The first kappa shape index (κ1) is 22.0. The number of amides is 3. The molecule has 1 fully saturated rings. The van der Waals surface area contributed by atoms with E-state index in [-0.39, 0.29) is 37.1 Å². The second kappa shape index (κ2) is 8.41. The molecule has 1 aliphatic heterocycles. The third-order valence-electron chi connectivity index (χ3n) is 5.10. The maximum absolute atomic E-state index is 13.1. The third kappa shape index (κ3) is 4.97. The number of rotatable bonds is 4. The van der Waals surface area contributed by atoms with Gasteiger partial charge in [0.1, 0.15) is 0 Å². The monoisotopic (exact) mass is 399 g/mol. The Balaban J connectivity index is 2.37. The molecule has 1 saturated heterocycles. The van der Waals surface area contributed by atoms with E-state index in [0.717, 1.165) is 12.1 Å². The lowest BCUT2D eigenvalue weighted by molar-refractivity contribution is -0.137. The van der Waals surface area contributed by atoms with Crippen LogP contribution in [-0.4, -0.2) is 54.0 Å². The second-order valence-corrected chi connectivity index (χ2v) is 7.89. The van der Waals surface area contributed by atoms with Gasteiger partial charge in [0.2, 0.25) is 5.91 Å². The topological polar surface area (TPSA) is 52.7 Å². The molecule has 2 rings (SSSR count). The van der Waals surface area contributed by atoms with Crippen LogP contribution in [0.4, 0.5) is 18.0 Å². The molecule has 0 radical (unpaired) electrons. The highest BCUT2D eigenvalue weighted by atomic mass is 19.4. The Hall–Kier alpha value is -2.25. The molecule has 156 valence electrons. The minimum atomic E-state index is -4.46. The fourth-order valence-corrected chi connectivity index (χ4v) is 3.36. The highest BCUT2D eigenvalue weighted by molar-refractivity contribution is 5.83. The van der Waals surface area contributed by atoms with Crippen molar-refractivity contribution in [2.24, 2.45) is 5.92 Å². The van der Waals surface area contributed by atoms with Crippen LogP contribution < -0.4 is 5.32 Å². The number of carbonyl (C=O) groups is 2. The standard InChI is InChI=1S/C20H28F3N3O2/c1-12(2)24-19(28)26-10-16(17(11-26)18(27)25(5)13(3)4)14-7-6-8-15(9-14)20(21,22)23/h6-9,12-13,16-17H,10-11H2,1-5H3,(H,24,28)/t16-,17+/m1/s1. The van der Waals surface area contributed by atoms with E-state index in [0.29, 0.717) is 5.56 Å². The summed E-state index contributed by atoms with van der Waals surface area (Å²) in [6.45, 7) is 7.77. The van der Waals surface area contributed by atoms with Crippen molar-refractivity contribution in [1.82, 2.24) is 15.1 Å². The molecular weight excluding hydrogens is 371 g/mol. The molecule has 1 aromatic rings. The van der Waals surface area contributed by atoms with E-state index in [1.165, 1.54) is 11.0 Å². The van der Waals surface area contributed by atoms with Gasteiger partial charge in [0, 0.05) is 38.1 Å². The van der Waals surface area contributed by atoms with Gasteiger partial charge in [-0.2, -0.15) is 13.2 Å². The summed E-state index contributed by atoms with van der Waals surface area (Å²) < 4.78 is 39.4. The summed E-state index contributed by atoms with van der Waals surface area (Å²) in [5.74, 6) is -1.25. The van der Waals surface area contributed by atoms with Gasteiger partial charge in [-0.25, -0.2) is 4.79 Å². The number of alkyl halides is 3. The average molecular weight is 399 g/mol. The molecule has 5 nitrogen and oxygen atoms in total. The van der Waals surface area contributed by atoms with Gasteiger partial charge in [0.25, 0.3) is 0 Å². The summed E-state index contributed by atoms with van der Waals surface area (Å²) in [7, 11) is 1.67. The van der Waals surface area contributed by atoms with Crippen LogP contribution in [0, 0.1) is 5.92 Å². The zero-order valence-electron chi connectivity index (χ0n) is 16.9. The van der Waals surface area contributed by atoms with Crippen molar-refractivity contribution in [3.63, 3.8) is 0 Å². The van der Waals surface area contributed by atoms with Gasteiger partial charge in [-0.15, -0.1) is 0 Å². The van der Waals surface area contributed by atoms with Gasteiger partial charge in [-0.3, -0.25) is 4.79 Å². The Morgan fingerprint density at radius 1 is 1.18 bits per heavy atom. The van der Waals surface area contributed by atoms with Crippen LogP contribution in [0.5, 0.6) is 0 Å². The van der Waals surface area contributed by atoms with Gasteiger partial charge >= 0.3 is 12.2 Å². The fraction of sp³-hybridized carbons (Fsp3) is 0.600. The Morgan fingerprint density at radius 2 is 1.82 bits per heavy atom.